The summed E-state index contributed by atoms with van der Waals surface area (Å²) in [6.07, 6.45) is 6.62. The Labute approximate surface area is 108 Å². The Kier molecular flexibility index (Phi) is 4.53. The molecular weight excluding hydrogens is 229 g/mol. The second-order valence-electron chi connectivity index (χ2n) is 5.20. The minimum Gasteiger partial charge on any atom is -0.359 e. The smallest absolute Gasteiger partial charge is 0.141 e. The van der Waals surface area contributed by atoms with E-state index in [0.29, 0.717) is 6.54 Å². The fourth-order valence-electron chi connectivity index (χ4n) is 2.80. The summed E-state index contributed by atoms with van der Waals surface area (Å²) in [5, 5.41) is 3.07. The van der Waals surface area contributed by atoms with Crippen molar-refractivity contribution in [3.8, 4) is 0 Å². The molecule has 1 N–H and O–H groups in total. The van der Waals surface area contributed by atoms with Gasteiger partial charge in [-0.2, -0.15) is 0 Å². The molecule has 0 spiro atoms. The van der Waals surface area contributed by atoms with E-state index in [1.54, 1.807) is 6.07 Å². The fraction of sp³-hybridized carbons (Fsp3) is 0.643. The molecule has 100 valence electrons. The van der Waals surface area contributed by atoms with Gasteiger partial charge in [0, 0.05) is 25.7 Å². The Bertz CT molecular complexity index is 389. The van der Waals surface area contributed by atoms with Gasteiger partial charge in [0.05, 0.1) is 6.20 Å². The Morgan fingerprint density at radius 3 is 2.83 bits per heavy atom. The van der Waals surface area contributed by atoms with Crippen molar-refractivity contribution >= 4 is 5.82 Å². The molecule has 1 aromatic rings. The number of nitrogens with one attached hydrogen (secondary N) is 1. The quantitative estimate of drug-likeness (QED) is 0.871. The molecule has 1 aliphatic rings. The maximum Gasteiger partial charge on any atom is 0.141 e. The summed E-state index contributed by atoms with van der Waals surface area (Å²) < 4.78 is 13.2. The molecule has 4 heteroatoms. The van der Waals surface area contributed by atoms with Crippen LogP contribution in [0.3, 0.4) is 0 Å². The Hall–Kier alpha value is -1.16. The molecule has 1 saturated carbocycles. The zero-order chi connectivity index (χ0) is 13.0. The van der Waals surface area contributed by atoms with E-state index in [1.807, 2.05) is 7.05 Å². The highest BCUT2D eigenvalue weighted by atomic mass is 19.1. The van der Waals surface area contributed by atoms with Crippen LogP contribution < -0.4 is 10.2 Å². The van der Waals surface area contributed by atoms with E-state index < -0.39 is 0 Å². The fourth-order valence-corrected chi connectivity index (χ4v) is 2.80. The molecule has 18 heavy (non-hydrogen) atoms. The van der Waals surface area contributed by atoms with Crippen LogP contribution in [0, 0.1) is 11.7 Å². The third-order valence-corrected chi connectivity index (χ3v) is 3.65. The van der Waals surface area contributed by atoms with Crippen LogP contribution in [0.2, 0.25) is 0 Å². The van der Waals surface area contributed by atoms with Gasteiger partial charge in [-0.15, -0.1) is 0 Å². The maximum atomic E-state index is 13.2. The number of hydrogen-bond acceptors (Lipinski definition) is 3. The molecule has 0 aliphatic heterocycles. The summed E-state index contributed by atoms with van der Waals surface area (Å²) in [7, 11) is 3.92. The zero-order valence-corrected chi connectivity index (χ0v) is 11.2. The minimum absolute atomic E-state index is 0.265. The van der Waals surface area contributed by atoms with Crippen molar-refractivity contribution in [3.05, 3.63) is 23.6 Å². The second kappa shape index (κ2) is 6.14. The summed E-state index contributed by atoms with van der Waals surface area (Å²) in [6.45, 7) is 1.67. The molecule has 1 heterocycles. The van der Waals surface area contributed by atoms with Gasteiger partial charge >= 0.3 is 0 Å². The summed E-state index contributed by atoms with van der Waals surface area (Å²) in [6, 6.07) is 1.57. The van der Waals surface area contributed by atoms with Gasteiger partial charge in [-0.1, -0.05) is 12.8 Å². The van der Waals surface area contributed by atoms with E-state index in [4.69, 9.17) is 0 Å². The van der Waals surface area contributed by atoms with Crippen LogP contribution in [0.15, 0.2) is 12.3 Å². The Morgan fingerprint density at radius 2 is 2.17 bits per heavy atom. The largest absolute Gasteiger partial charge is 0.359 e. The van der Waals surface area contributed by atoms with Crippen molar-refractivity contribution in [2.75, 3.05) is 25.5 Å². The van der Waals surface area contributed by atoms with Crippen molar-refractivity contribution in [1.82, 2.24) is 10.3 Å². The molecule has 0 radical (unpaired) electrons. The molecule has 0 amide bonds. The van der Waals surface area contributed by atoms with E-state index in [0.717, 1.165) is 23.8 Å². The predicted octanol–water partition coefficient (Wildman–Crippen LogP) is 2.57. The van der Waals surface area contributed by atoms with Gasteiger partial charge in [0.25, 0.3) is 0 Å². The van der Waals surface area contributed by atoms with Crippen LogP contribution in [0.25, 0.3) is 0 Å². The molecule has 0 aromatic carbocycles. The van der Waals surface area contributed by atoms with Gasteiger partial charge < -0.3 is 10.2 Å². The van der Waals surface area contributed by atoms with Crippen LogP contribution in [-0.2, 0) is 6.54 Å². The average Bonchev–Trinajstić information content (AvgIpc) is 2.82. The van der Waals surface area contributed by atoms with Crippen molar-refractivity contribution in [3.63, 3.8) is 0 Å². The lowest BCUT2D eigenvalue weighted by atomic mass is 10.1. The molecule has 0 atom stereocenters. The van der Waals surface area contributed by atoms with Crippen molar-refractivity contribution in [1.29, 1.82) is 0 Å². The van der Waals surface area contributed by atoms with E-state index >= 15 is 0 Å². The molecule has 0 saturated heterocycles. The van der Waals surface area contributed by atoms with Crippen LogP contribution in [0.1, 0.15) is 31.2 Å². The van der Waals surface area contributed by atoms with Crippen molar-refractivity contribution < 1.29 is 4.39 Å². The standard InChI is InChI=1S/C14H22FN3/c1-16-8-12-7-13(15)9-17-14(12)18(2)10-11-5-3-4-6-11/h7,9,11,16H,3-6,8,10H2,1-2H3. The number of halogens is 1. The van der Waals surface area contributed by atoms with Crippen LogP contribution in [0.4, 0.5) is 10.2 Å². The lowest BCUT2D eigenvalue weighted by Crippen LogP contribution is -2.26. The maximum absolute atomic E-state index is 13.2. The minimum atomic E-state index is -0.265. The predicted molar refractivity (Wildman–Crippen MR) is 72.2 cm³/mol. The summed E-state index contributed by atoms with van der Waals surface area (Å²) >= 11 is 0. The molecule has 1 fully saturated rings. The number of aromatic nitrogens is 1. The van der Waals surface area contributed by atoms with Gasteiger partial charge in [0.2, 0.25) is 0 Å². The van der Waals surface area contributed by atoms with E-state index in [2.05, 4.69) is 22.2 Å². The van der Waals surface area contributed by atoms with Gasteiger partial charge in [0.15, 0.2) is 0 Å². The highest BCUT2D eigenvalue weighted by Crippen LogP contribution is 2.27. The first-order valence-electron chi connectivity index (χ1n) is 6.71. The average molecular weight is 251 g/mol. The molecule has 0 bridgehead atoms. The third kappa shape index (κ3) is 3.19. The summed E-state index contributed by atoms with van der Waals surface area (Å²) in [4.78, 5) is 6.42. The third-order valence-electron chi connectivity index (χ3n) is 3.65. The van der Waals surface area contributed by atoms with Crippen LogP contribution in [-0.4, -0.2) is 25.6 Å². The van der Waals surface area contributed by atoms with Crippen molar-refractivity contribution in [2.24, 2.45) is 5.92 Å². The molecule has 1 aromatic heterocycles. The number of anilines is 1. The normalized spacial score (nSPS) is 16.2. The summed E-state index contributed by atoms with van der Waals surface area (Å²) in [5.41, 5.74) is 0.929. The Morgan fingerprint density at radius 1 is 1.44 bits per heavy atom. The first kappa shape index (κ1) is 13.3. The van der Waals surface area contributed by atoms with Crippen LogP contribution in [0.5, 0.6) is 0 Å². The van der Waals surface area contributed by atoms with Gasteiger partial charge in [0.1, 0.15) is 11.6 Å². The highest BCUT2D eigenvalue weighted by Gasteiger charge is 2.19. The Balaban J connectivity index is 2.09. The molecule has 1 aliphatic carbocycles. The number of pyridine rings is 1. The SMILES string of the molecule is CNCc1cc(F)cnc1N(C)CC1CCCC1. The lowest BCUT2D eigenvalue weighted by molar-refractivity contribution is 0.542. The van der Waals surface area contributed by atoms with Gasteiger partial charge in [-0.05, 0) is 31.9 Å². The second-order valence-corrected chi connectivity index (χ2v) is 5.20. The lowest BCUT2D eigenvalue weighted by Gasteiger charge is -2.24. The topological polar surface area (TPSA) is 28.2 Å². The monoisotopic (exact) mass is 251 g/mol. The van der Waals surface area contributed by atoms with Gasteiger partial charge in [-0.3, -0.25) is 0 Å². The number of nitrogens with zero attached hydrogens (tertiary/aromatic N) is 2. The molecule has 2 rings (SSSR count). The molecular formula is C14H22FN3. The van der Waals surface area contributed by atoms with Crippen LogP contribution >= 0.6 is 0 Å². The van der Waals surface area contributed by atoms with Crippen molar-refractivity contribution in [2.45, 2.75) is 32.2 Å². The first-order valence-corrected chi connectivity index (χ1v) is 6.71. The number of hydrogen-bond donors (Lipinski definition) is 1. The molecule has 3 nitrogen and oxygen atoms in total. The number of rotatable bonds is 5. The zero-order valence-electron chi connectivity index (χ0n) is 11.2. The first-order chi connectivity index (χ1) is 8.70. The van der Waals surface area contributed by atoms with E-state index in [-0.39, 0.29) is 5.82 Å². The summed E-state index contributed by atoms with van der Waals surface area (Å²) in [5.74, 6) is 1.40. The van der Waals surface area contributed by atoms with E-state index in [1.165, 1.54) is 31.9 Å². The van der Waals surface area contributed by atoms with Gasteiger partial charge in [-0.25, -0.2) is 9.37 Å². The molecule has 0 unspecified atom stereocenters. The highest BCUT2D eigenvalue weighted by molar-refractivity contribution is 5.46. The van der Waals surface area contributed by atoms with E-state index in [9.17, 15) is 4.39 Å².